The van der Waals surface area contributed by atoms with Crippen molar-refractivity contribution in [1.29, 1.82) is 0 Å². The molecule has 0 saturated heterocycles. The largest absolute Gasteiger partial charge is 0.462 e. The molecule has 0 radical (unpaired) electrons. The maximum Gasteiger partial charge on any atom is 0.380 e. The van der Waals surface area contributed by atoms with Gasteiger partial charge >= 0.3 is 47.7 Å². The SMILES string of the molecule is CCC(C)(C)C(=O)OCCOC(=O)C(F)(F)COC(=O)C12CC3CC(CC(C3)C1)C2.CCC(C)C(=O)OCCOC(=O)C(F)(F)COC(=O)C12CC3CC(CC(C3)C1)C2. The van der Waals surface area contributed by atoms with Crippen LogP contribution in [0, 0.1) is 57.7 Å². The van der Waals surface area contributed by atoms with Gasteiger partial charge in [0.05, 0.1) is 22.2 Å². The van der Waals surface area contributed by atoms with Crippen molar-refractivity contribution in [3.05, 3.63) is 0 Å². The molecule has 16 heteroatoms. The highest BCUT2D eigenvalue weighted by Crippen LogP contribution is 2.61. The second-order valence-corrected chi connectivity index (χ2v) is 19.1. The minimum absolute atomic E-state index is 0.294. The molecule has 8 aliphatic carbocycles. The third-order valence-electron chi connectivity index (χ3n) is 13.9. The molecule has 59 heavy (non-hydrogen) atoms. The number of hydrogen-bond donors (Lipinski definition) is 0. The van der Waals surface area contributed by atoms with Gasteiger partial charge in [-0.25, -0.2) is 9.59 Å². The zero-order valence-corrected chi connectivity index (χ0v) is 35.1. The first-order chi connectivity index (χ1) is 27.6. The summed E-state index contributed by atoms with van der Waals surface area (Å²) >= 11 is 0. The Labute approximate surface area is 343 Å². The van der Waals surface area contributed by atoms with E-state index in [1.165, 1.54) is 0 Å². The topological polar surface area (TPSA) is 158 Å². The fourth-order valence-corrected chi connectivity index (χ4v) is 10.9. The number of carbonyl (C=O) groups excluding carboxylic acids is 6. The molecule has 334 valence electrons. The van der Waals surface area contributed by atoms with Gasteiger partial charge < -0.3 is 28.4 Å². The molecule has 0 amide bonds. The summed E-state index contributed by atoms with van der Waals surface area (Å²) in [5, 5.41) is 0. The third-order valence-corrected chi connectivity index (χ3v) is 13.9. The Kier molecular flexibility index (Phi) is 14.7. The second kappa shape index (κ2) is 18.7. The van der Waals surface area contributed by atoms with Gasteiger partial charge in [-0.2, -0.15) is 17.6 Å². The molecule has 0 N–H and O–H groups in total. The number of carbonyl (C=O) groups is 6. The van der Waals surface area contributed by atoms with Crippen molar-refractivity contribution in [2.75, 3.05) is 39.6 Å². The van der Waals surface area contributed by atoms with Gasteiger partial charge in [0.25, 0.3) is 0 Å². The average molecular weight is 847 g/mol. The van der Waals surface area contributed by atoms with Crippen molar-refractivity contribution in [3.63, 3.8) is 0 Å². The summed E-state index contributed by atoms with van der Waals surface area (Å²) in [5.74, 6) is -11.0. The molecular formula is C43H62F4O12. The van der Waals surface area contributed by atoms with Crippen LogP contribution < -0.4 is 0 Å². The summed E-state index contributed by atoms with van der Waals surface area (Å²) in [6.07, 6.45) is 12.1. The molecule has 12 nitrogen and oxygen atoms in total. The molecule has 8 bridgehead atoms. The molecule has 0 aliphatic heterocycles. The standard InChI is InChI=1S/C22H32F2O6.C21H30F2O6/c1-4-20(2,3)17(25)28-5-6-29-19(27)22(23,24)13-30-18(26)21-10-14-7-15(11-21)9-16(8-14)12-21;1-3-13(2)17(24)27-4-5-28-19(26)21(22,23)12-29-18(25)20-9-14-6-15(10-20)8-16(7-14)11-20/h14-16H,4-13H2,1-3H3;13-16H,3-12H2,1-2H3. The van der Waals surface area contributed by atoms with Crippen LogP contribution in [0.3, 0.4) is 0 Å². The monoisotopic (exact) mass is 846 g/mol. The van der Waals surface area contributed by atoms with Crippen LogP contribution in [0.25, 0.3) is 0 Å². The molecule has 0 aromatic rings. The number of ether oxygens (including phenoxy) is 6. The van der Waals surface area contributed by atoms with Crippen LogP contribution >= 0.6 is 0 Å². The van der Waals surface area contributed by atoms with E-state index in [9.17, 15) is 46.3 Å². The van der Waals surface area contributed by atoms with Gasteiger partial charge in [-0.15, -0.1) is 0 Å². The van der Waals surface area contributed by atoms with Crippen molar-refractivity contribution in [2.45, 2.75) is 136 Å². The number of hydrogen-bond acceptors (Lipinski definition) is 12. The van der Waals surface area contributed by atoms with Crippen LogP contribution in [0.4, 0.5) is 17.6 Å². The zero-order chi connectivity index (χ0) is 43.4. The van der Waals surface area contributed by atoms with E-state index in [-0.39, 0.29) is 19.1 Å². The number of rotatable bonds is 18. The van der Waals surface area contributed by atoms with Crippen LogP contribution in [-0.2, 0) is 57.2 Å². The van der Waals surface area contributed by atoms with Gasteiger partial charge in [-0.3, -0.25) is 19.2 Å². The van der Waals surface area contributed by atoms with Gasteiger partial charge in [0.2, 0.25) is 0 Å². The lowest BCUT2D eigenvalue weighted by atomic mass is 9.49. The molecule has 0 heterocycles. The molecule has 8 saturated carbocycles. The van der Waals surface area contributed by atoms with Crippen LogP contribution in [0.15, 0.2) is 0 Å². The normalized spacial score (nSPS) is 30.7. The lowest BCUT2D eigenvalue weighted by molar-refractivity contribution is -0.194. The summed E-state index contributed by atoms with van der Waals surface area (Å²) in [7, 11) is 0. The predicted octanol–water partition coefficient (Wildman–Crippen LogP) is 7.42. The van der Waals surface area contributed by atoms with Crippen LogP contribution in [0.2, 0.25) is 0 Å². The van der Waals surface area contributed by atoms with Crippen molar-refractivity contribution in [3.8, 4) is 0 Å². The first-order valence-electron chi connectivity index (χ1n) is 21.4. The summed E-state index contributed by atoms with van der Waals surface area (Å²) in [4.78, 5) is 72.0. The predicted molar refractivity (Wildman–Crippen MR) is 200 cm³/mol. The minimum Gasteiger partial charge on any atom is -0.462 e. The maximum absolute atomic E-state index is 14.1. The van der Waals surface area contributed by atoms with Gasteiger partial charge in [0.1, 0.15) is 26.4 Å². The van der Waals surface area contributed by atoms with E-state index in [0.29, 0.717) is 86.9 Å². The van der Waals surface area contributed by atoms with E-state index < -0.39 is 90.3 Å². The molecule has 0 aromatic carbocycles. The Morgan fingerprint density at radius 3 is 1.14 bits per heavy atom. The van der Waals surface area contributed by atoms with Crippen molar-refractivity contribution >= 4 is 35.8 Å². The van der Waals surface area contributed by atoms with Crippen molar-refractivity contribution in [1.82, 2.24) is 0 Å². The number of alkyl halides is 4. The van der Waals surface area contributed by atoms with Crippen molar-refractivity contribution in [2.24, 2.45) is 57.7 Å². The second-order valence-electron chi connectivity index (χ2n) is 19.1. The Bertz CT molecular complexity index is 1490. The fourth-order valence-electron chi connectivity index (χ4n) is 10.9. The summed E-state index contributed by atoms with van der Waals surface area (Å²) in [6, 6.07) is 0. The minimum atomic E-state index is -3.94. The lowest BCUT2D eigenvalue weighted by Gasteiger charge is -2.55. The van der Waals surface area contributed by atoms with E-state index in [2.05, 4.69) is 9.47 Å². The van der Waals surface area contributed by atoms with E-state index in [0.717, 1.165) is 38.5 Å². The van der Waals surface area contributed by atoms with E-state index >= 15 is 0 Å². The fraction of sp³-hybridized carbons (Fsp3) is 0.860. The van der Waals surface area contributed by atoms with E-state index in [1.807, 2.05) is 13.8 Å². The first-order valence-corrected chi connectivity index (χ1v) is 21.4. The molecule has 1 atom stereocenters. The third kappa shape index (κ3) is 11.3. The van der Waals surface area contributed by atoms with Crippen LogP contribution in [-0.4, -0.2) is 87.3 Å². The van der Waals surface area contributed by atoms with Crippen LogP contribution in [0.5, 0.6) is 0 Å². The van der Waals surface area contributed by atoms with Gasteiger partial charge in [0, 0.05) is 0 Å². The average Bonchev–Trinajstić information content (AvgIpc) is 3.17. The molecule has 1 unspecified atom stereocenters. The Morgan fingerprint density at radius 1 is 0.525 bits per heavy atom. The molecule has 8 fully saturated rings. The van der Waals surface area contributed by atoms with Gasteiger partial charge in [-0.05, 0) is 139 Å². The summed E-state index contributed by atoms with van der Waals surface area (Å²) in [6.45, 7) is 4.53. The van der Waals surface area contributed by atoms with Crippen molar-refractivity contribution < 1.29 is 74.8 Å². The lowest BCUT2D eigenvalue weighted by Crippen LogP contribution is -2.51. The van der Waals surface area contributed by atoms with Gasteiger partial charge in [-0.1, -0.05) is 20.8 Å². The maximum atomic E-state index is 14.1. The van der Waals surface area contributed by atoms with E-state index in [4.69, 9.17) is 18.9 Å². The molecule has 8 aliphatic rings. The Hall–Kier alpha value is -3.46. The van der Waals surface area contributed by atoms with Gasteiger partial charge in [0.15, 0.2) is 13.2 Å². The number of esters is 6. The van der Waals surface area contributed by atoms with E-state index in [1.54, 1.807) is 20.8 Å². The highest BCUT2D eigenvalue weighted by atomic mass is 19.3. The molecule has 8 rings (SSSR count). The van der Waals surface area contributed by atoms with Crippen LogP contribution in [0.1, 0.15) is 125 Å². The smallest absolute Gasteiger partial charge is 0.380 e. The highest BCUT2D eigenvalue weighted by Gasteiger charge is 2.58. The summed E-state index contributed by atoms with van der Waals surface area (Å²) in [5.41, 5.74) is -2.01. The molecule has 0 aromatic heterocycles. The Balaban J connectivity index is 0.000000224. The Morgan fingerprint density at radius 2 is 0.831 bits per heavy atom. The molecular weight excluding hydrogens is 784 g/mol. The quantitative estimate of drug-likeness (QED) is 0.0583. The first kappa shape index (κ1) is 46.6. The number of halogens is 4. The summed E-state index contributed by atoms with van der Waals surface area (Å²) < 4.78 is 85.0. The highest BCUT2D eigenvalue weighted by molar-refractivity contribution is 5.81. The molecule has 0 spiro atoms. The zero-order valence-electron chi connectivity index (χ0n) is 35.1.